The zero-order valence-corrected chi connectivity index (χ0v) is 13.8. The van der Waals surface area contributed by atoms with Crippen LogP contribution in [0.15, 0.2) is 36.4 Å². The van der Waals surface area contributed by atoms with Crippen molar-refractivity contribution in [3.63, 3.8) is 0 Å². The molecule has 0 aromatic heterocycles. The van der Waals surface area contributed by atoms with Gasteiger partial charge in [-0.2, -0.15) is 0 Å². The molecule has 0 aliphatic heterocycles. The van der Waals surface area contributed by atoms with Crippen LogP contribution in [0.25, 0.3) is 0 Å². The van der Waals surface area contributed by atoms with E-state index < -0.39 is 10.8 Å². The highest BCUT2D eigenvalue weighted by molar-refractivity contribution is 14.1. The smallest absolute Gasteiger partial charge is 0.282 e. The van der Waals surface area contributed by atoms with Crippen molar-refractivity contribution in [3.8, 4) is 0 Å². The van der Waals surface area contributed by atoms with Gasteiger partial charge in [-0.05, 0) is 53.3 Å². The van der Waals surface area contributed by atoms with Crippen molar-refractivity contribution in [3.05, 3.63) is 66.2 Å². The van der Waals surface area contributed by atoms with Crippen LogP contribution in [0.4, 0.5) is 11.4 Å². The molecule has 0 heterocycles. The van der Waals surface area contributed by atoms with Crippen LogP contribution in [-0.2, 0) is 0 Å². The van der Waals surface area contributed by atoms with Gasteiger partial charge in [0.25, 0.3) is 11.6 Å². The standard InChI is InChI=1S/C14H10ClIN2O3/c1-8-3-2-4-12(18(20)21)13(8)14(19)17-11-6-5-9(15)7-10(11)16/h2-7H,1H3,(H,17,19). The number of amides is 1. The molecule has 2 aromatic rings. The van der Waals surface area contributed by atoms with E-state index in [0.717, 1.165) is 3.57 Å². The molecule has 2 rings (SSSR count). The third-order valence-electron chi connectivity index (χ3n) is 2.85. The van der Waals surface area contributed by atoms with Gasteiger partial charge >= 0.3 is 0 Å². The summed E-state index contributed by atoms with van der Waals surface area (Å²) in [5.41, 5.74) is 0.956. The fraction of sp³-hybridized carbons (Fsp3) is 0.0714. The fourth-order valence-electron chi connectivity index (χ4n) is 1.88. The number of benzene rings is 2. The van der Waals surface area contributed by atoms with Gasteiger partial charge in [-0.3, -0.25) is 14.9 Å². The first kappa shape index (κ1) is 15.7. The lowest BCUT2D eigenvalue weighted by Gasteiger charge is -2.10. The van der Waals surface area contributed by atoms with Gasteiger partial charge in [0.15, 0.2) is 0 Å². The van der Waals surface area contributed by atoms with E-state index in [4.69, 9.17) is 11.6 Å². The molecule has 1 N–H and O–H groups in total. The predicted molar refractivity (Wildman–Crippen MR) is 90.0 cm³/mol. The number of carbonyl (C=O) groups is 1. The van der Waals surface area contributed by atoms with E-state index in [1.807, 2.05) is 22.6 Å². The number of nitrogens with zero attached hydrogens (tertiary/aromatic N) is 1. The molecule has 2 aromatic carbocycles. The van der Waals surface area contributed by atoms with Crippen LogP contribution < -0.4 is 5.32 Å². The lowest BCUT2D eigenvalue weighted by molar-refractivity contribution is -0.385. The van der Waals surface area contributed by atoms with Crippen LogP contribution in [0.1, 0.15) is 15.9 Å². The van der Waals surface area contributed by atoms with Crippen LogP contribution in [0.3, 0.4) is 0 Å². The average molecular weight is 417 g/mol. The molecule has 21 heavy (non-hydrogen) atoms. The van der Waals surface area contributed by atoms with Gasteiger partial charge in [0.05, 0.1) is 10.6 Å². The van der Waals surface area contributed by atoms with E-state index in [1.165, 1.54) is 6.07 Å². The summed E-state index contributed by atoms with van der Waals surface area (Å²) in [4.78, 5) is 22.8. The van der Waals surface area contributed by atoms with Crippen molar-refractivity contribution in [1.82, 2.24) is 0 Å². The highest BCUT2D eigenvalue weighted by Crippen LogP contribution is 2.26. The van der Waals surface area contributed by atoms with Crippen LogP contribution >= 0.6 is 34.2 Å². The number of anilines is 1. The Hall–Kier alpha value is -1.67. The molecule has 0 unspecified atom stereocenters. The Bertz CT molecular complexity index is 734. The Morgan fingerprint density at radius 1 is 1.33 bits per heavy atom. The molecule has 0 atom stereocenters. The van der Waals surface area contributed by atoms with Gasteiger partial charge < -0.3 is 5.32 Å². The number of nitro benzene ring substituents is 1. The molecule has 0 radical (unpaired) electrons. The largest absolute Gasteiger partial charge is 0.321 e. The lowest BCUT2D eigenvalue weighted by atomic mass is 10.1. The van der Waals surface area contributed by atoms with Crippen molar-refractivity contribution >= 4 is 51.5 Å². The van der Waals surface area contributed by atoms with Gasteiger partial charge in [0.1, 0.15) is 5.56 Å². The van der Waals surface area contributed by atoms with Crippen molar-refractivity contribution in [2.75, 3.05) is 5.32 Å². The molecular formula is C14H10ClIN2O3. The number of nitrogens with one attached hydrogen (secondary N) is 1. The Morgan fingerprint density at radius 3 is 2.67 bits per heavy atom. The van der Waals surface area contributed by atoms with E-state index in [-0.39, 0.29) is 11.3 Å². The Morgan fingerprint density at radius 2 is 2.05 bits per heavy atom. The van der Waals surface area contributed by atoms with Gasteiger partial charge in [0.2, 0.25) is 0 Å². The average Bonchev–Trinajstić information content (AvgIpc) is 2.41. The summed E-state index contributed by atoms with van der Waals surface area (Å²) in [5.74, 6) is -0.514. The van der Waals surface area contributed by atoms with Crippen LogP contribution in [0, 0.1) is 20.6 Å². The molecule has 0 aliphatic carbocycles. The molecular weight excluding hydrogens is 407 g/mol. The third-order valence-corrected chi connectivity index (χ3v) is 3.98. The molecule has 1 amide bonds. The molecule has 0 saturated heterocycles. The van der Waals surface area contributed by atoms with Gasteiger partial charge in [-0.1, -0.05) is 23.7 Å². The van der Waals surface area contributed by atoms with Crippen molar-refractivity contribution in [1.29, 1.82) is 0 Å². The maximum Gasteiger partial charge on any atom is 0.282 e. The summed E-state index contributed by atoms with van der Waals surface area (Å²) in [6, 6.07) is 9.53. The van der Waals surface area contributed by atoms with Crippen molar-refractivity contribution < 1.29 is 9.72 Å². The van der Waals surface area contributed by atoms with Crippen molar-refractivity contribution in [2.45, 2.75) is 6.92 Å². The van der Waals surface area contributed by atoms with E-state index in [9.17, 15) is 14.9 Å². The first-order chi connectivity index (χ1) is 9.90. The van der Waals surface area contributed by atoms with Crippen LogP contribution in [0.5, 0.6) is 0 Å². The topological polar surface area (TPSA) is 72.2 Å². The zero-order valence-electron chi connectivity index (χ0n) is 10.9. The number of carbonyl (C=O) groups excluding carboxylic acids is 1. The number of rotatable bonds is 3. The Balaban J connectivity index is 2.39. The van der Waals surface area contributed by atoms with Crippen LogP contribution in [0.2, 0.25) is 5.02 Å². The van der Waals surface area contributed by atoms with Gasteiger partial charge in [0, 0.05) is 14.7 Å². The molecule has 0 spiro atoms. The summed E-state index contributed by atoms with van der Waals surface area (Å²) >= 11 is 7.89. The first-order valence-electron chi connectivity index (χ1n) is 5.90. The maximum absolute atomic E-state index is 12.3. The zero-order chi connectivity index (χ0) is 15.6. The normalized spacial score (nSPS) is 10.2. The number of nitro groups is 1. The molecule has 108 valence electrons. The van der Waals surface area contributed by atoms with E-state index in [2.05, 4.69) is 5.32 Å². The molecule has 0 saturated carbocycles. The Kier molecular flexibility index (Phi) is 4.79. The summed E-state index contributed by atoms with van der Waals surface area (Å²) in [7, 11) is 0. The second-order valence-corrected chi connectivity index (χ2v) is 5.90. The molecule has 0 fully saturated rings. The summed E-state index contributed by atoms with van der Waals surface area (Å²) in [6.07, 6.45) is 0. The van der Waals surface area contributed by atoms with E-state index >= 15 is 0 Å². The van der Waals surface area contributed by atoms with E-state index in [0.29, 0.717) is 16.3 Å². The first-order valence-corrected chi connectivity index (χ1v) is 7.36. The predicted octanol–water partition coefficient (Wildman–Crippen LogP) is 4.41. The molecule has 0 aliphatic rings. The summed E-state index contributed by atoms with van der Waals surface area (Å²) < 4.78 is 0.754. The fourth-order valence-corrected chi connectivity index (χ4v) is 2.88. The van der Waals surface area contributed by atoms with Gasteiger partial charge in [-0.15, -0.1) is 0 Å². The summed E-state index contributed by atoms with van der Waals surface area (Å²) in [6.45, 7) is 1.66. The number of hydrogen-bond acceptors (Lipinski definition) is 3. The lowest BCUT2D eigenvalue weighted by Crippen LogP contribution is -2.16. The molecule has 7 heteroatoms. The monoisotopic (exact) mass is 416 g/mol. The maximum atomic E-state index is 12.3. The summed E-state index contributed by atoms with van der Waals surface area (Å²) in [5, 5.41) is 14.3. The quantitative estimate of drug-likeness (QED) is 0.457. The minimum atomic E-state index is -0.561. The number of hydrogen-bond donors (Lipinski definition) is 1. The Labute approximate surface area is 139 Å². The molecule has 0 bridgehead atoms. The SMILES string of the molecule is Cc1cccc([N+](=O)[O-])c1C(=O)Nc1ccc(Cl)cc1I. The number of halogens is 2. The van der Waals surface area contributed by atoms with Crippen molar-refractivity contribution in [2.24, 2.45) is 0 Å². The highest BCUT2D eigenvalue weighted by atomic mass is 127. The third kappa shape index (κ3) is 3.51. The van der Waals surface area contributed by atoms with Gasteiger partial charge in [-0.25, -0.2) is 0 Å². The highest BCUT2D eigenvalue weighted by Gasteiger charge is 2.22. The minimum absolute atomic E-state index is 0.0632. The number of aryl methyl sites for hydroxylation is 1. The second-order valence-electron chi connectivity index (χ2n) is 4.30. The van der Waals surface area contributed by atoms with Crippen LogP contribution in [-0.4, -0.2) is 10.8 Å². The van der Waals surface area contributed by atoms with E-state index in [1.54, 1.807) is 37.3 Å². The second kappa shape index (κ2) is 6.40. The minimum Gasteiger partial charge on any atom is -0.321 e. The molecule has 5 nitrogen and oxygen atoms in total.